The summed E-state index contributed by atoms with van der Waals surface area (Å²) in [6, 6.07) is 7.50. The molecular weight excluding hydrogens is 393 g/mol. The number of halogens is 1. The van der Waals surface area contributed by atoms with Crippen molar-refractivity contribution in [2.45, 2.75) is 51.4 Å². The van der Waals surface area contributed by atoms with E-state index >= 15 is 0 Å². The summed E-state index contributed by atoms with van der Waals surface area (Å²) in [4.78, 5) is 25.1. The number of Topliss-reactive ketones (excluding diaryl/α,β-unsaturated/α-hetero) is 1. The Hall–Kier alpha value is -2.89. The molecule has 0 aliphatic heterocycles. The Labute approximate surface area is 182 Å². The average molecular weight is 422 g/mol. The molecule has 0 amide bonds. The number of para-hydroxylation sites is 1. The molecule has 2 heterocycles. The minimum atomic E-state index is -0.264. The Balaban J connectivity index is 1.41. The van der Waals surface area contributed by atoms with Crippen LogP contribution < -0.4 is 4.74 Å². The lowest BCUT2D eigenvalue weighted by atomic mass is 9.71. The second kappa shape index (κ2) is 9.50. The largest absolute Gasteiger partial charge is 0.467 e. The molecule has 1 aliphatic rings. The zero-order valence-electron chi connectivity index (χ0n) is 18.1. The Morgan fingerprint density at radius 2 is 1.87 bits per heavy atom. The van der Waals surface area contributed by atoms with Gasteiger partial charge >= 0.3 is 6.01 Å². The maximum Gasteiger partial charge on any atom is 0.316 e. The fourth-order valence-corrected chi connectivity index (χ4v) is 4.98. The number of fused-ring (bicyclic) bond motifs is 1. The second-order valence-electron chi connectivity index (χ2n) is 8.40. The first kappa shape index (κ1) is 21.3. The molecule has 0 saturated heterocycles. The maximum absolute atomic E-state index is 14.1. The normalized spacial score (nSPS) is 19.8. The predicted octanol–water partition coefficient (Wildman–Crippen LogP) is 5.75. The van der Waals surface area contributed by atoms with Crippen LogP contribution in [0, 0.1) is 17.7 Å². The summed E-state index contributed by atoms with van der Waals surface area (Å²) in [6.45, 7) is 2.16. The van der Waals surface area contributed by atoms with Crippen LogP contribution in [0.5, 0.6) is 6.01 Å². The van der Waals surface area contributed by atoms with Gasteiger partial charge in [-0.15, -0.1) is 0 Å². The van der Waals surface area contributed by atoms with Crippen molar-refractivity contribution in [1.82, 2.24) is 15.0 Å². The van der Waals surface area contributed by atoms with E-state index in [1.807, 2.05) is 12.1 Å². The number of rotatable bonds is 7. The molecule has 2 aromatic heterocycles. The summed E-state index contributed by atoms with van der Waals surface area (Å²) in [5.74, 6) is 1.11. The highest BCUT2D eigenvalue weighted by Crippen LogP contribution is 2.42. The molecule has 6 heteroatoms. The zero-order valence-corrected chi connectivity index (χ0v) is 18.1. The Kier molecular flexibility index (Phi) is 6.54. The minimum Gasteiger partial charge on any atom is -0.467 e. The lowest BCUT2D eigenvalue weighted by molar-refractivity contribution is 0.0925. The van der Waals surface area contributed by atoms with Gasteiger partial charge in [0.15, 0.2) is 5.78 Å². The lowest BCUT2D eigenvalue weighted by Gasteiger charge is -2.34. The second-order valence-corrected chi connectivity index (χ2v) is 8.40. The summed E-state index contributed by atoms with van der Waals surface area (Å²) >= 11 is 0. The standard InChI is InChI=1S/C25H28FN3O2/c1-3-16(13-23(30)19-14-28-25(31-2)29-15-19)17-7-9-18(10-8-17)20-11-12-27-24-21(20)5-4-6-22(24)26/h4-6,11-12,14-18H,3,7-10,13H2,1-2H3/t16-,17?,18?/m1/s1. The SMILES string of the molecule is CC[C@H](CC(=O)c1cnc(OC)nc1)C1CCC(c2ccnc3c(F)cccc23)CC1. The van der Waals surface area contributed by atoms with Gasteiger partial charge in [0, 0.05) is 30.4 Å². The highest BCUT2D eigenvalue weighted by atomic mass is 19.1. The summed E-state index contributed by atoms with van der Waals surface area (Å²) < 4.78 is 19.1. The number of methoxy groups -OCH3 is 1. The number of pyridine rings is 1. The predicted molar refractivity (Wildman–Crippen MR) is 118 cm³/mol. The number of carbonyl (C=O) groups is 1. The van der Waals surface area contributed by atoms with Gasteiger partial charge in [0.25, 0.3) is 0 Å². The van der Waals surface area contributed by atoms with Crippen molar-refractivity contribution in [2.24, 2.45) is 11.8 Å². The first-order valence-corrected chi connectivity index (χ1v) is 11.0. The van der Waals surface area contributed by atoms with Gasteiger partial charge in [0.2, 0.25) is 0 Å². The molecule has 0 N–H and O–H groups in total. The van der Waals surface area contributed by atoms with E-state index in [-0.39, 0.29) is 17.6 Å². The van der Waals surface area contributed by atoms with Gasteiger partial charge in [0.1, 0.15) is 11.3 Å². The highest BCUT2D eigenvalue weighted by Gasteiger charge is 2.30. The third-order valence-electron chi connectivity index (χ3n) is 6.74. The van der Waals surface area contributed by atoms with Crippen LogP contribution in [0.25, 0.3) is 10.9 Å². The summed E-state index contributed by atoms with van der Waals surface area (Å²) in [5, 5.41) is 0.924. The summed E-state index contributed by atoms with van der Waals surface area (Å²) in [5.41, 5.74) is 2.20. The smallest absolute Gasteiger partial charge is 0.316 e. The van der Waals surface area contributed by atoms with Gasteiger partial charge in [-0.05, 0) is 61.1 Å². The molecule has 3 aromatic rings. The number of hydrogen-bond donors (Lipinski definition) is 0. The Morgan fingerprint density at radius 3 is 2.55 bits per heavy atom. The lowest BCUT2D eigenvalue weighted by Crippen LogP contribution is -2.23. The number of ether oxygens (including phenoxy) is 1. The van der Waals surface area contributed by atoms with Crippen molar-refractivity contribution < 1.29 is 13.9 Å². The molecule has 0 radical (unpaired) electrons. The molecule has 1 atom stereocenters. The molecule has 1 aromatic carbocycles. The van der Waals surface area contributed by atoms with E-state index in [1.54, 1.807) is 24.7 Å². The third kappa shape index (κ3) is 4.58. The van der Waals surface area contributed by atoms with Crippen molar-refractivity contribution in [3.05, 3.63) is 59.8 Å². The molecule has 1 saturated carbocycles. The number of carbonyl (C=O) groups excluding carboxylic acids is 1. The molecule has 0 bridgehead atoms. The minimum absolute atomic E-state index is 0.0900. The van der Waals surface area contributed by atoms with Gasteiger partial charge in [-0.3, -0.25) is 9.78 Å². The van der Waals surface area contributed by atoms with E-state index in [1.165, 1.54) is 18.7 Å². The molecule has 162 valence electrons. The van der Waals surface area contributed by atoms with Crippen molar-refractivity contribution in [2.75, 3.05) is 7.11 Å². The average Bonchev–Trinajstić information content (AvgIpc) is 2.82. The molecule has 1 aliphatic carbocycles. The Morgan fingerprint density at radius 1 is 1.13 bits per heavy atom. The number of aromatic nitrogens is 3. The number of benzene rings is 1. The van der Waals surface area contributed by atoms with E-state index in [9.17, 15) is 9.18 Å². The summed E-state index contributed by atoms with van der Waals surface area (Å²) in [6.07, 6.45) is 10.6. The highest BCUT2D eigenvalue weighted by molar-refractivity contribution is 5.95. The molecule has 1 fully saturated rings. The van der Waals surface area contributed by atoms with Crippen LogP contribution in [-0.4, -0.2) is 27.8 Å². The Bertz CT molecular complexity index is 1050. The van der Waals surface area contributed by atoms with E-state index in [0.717, 1.165) is 37.5 Å². The van der Waals surface area contributed by atoms with Gasteiger partial charge in [0.05, 0.1) is 12.7 Å². The topological polar surface area (TPSA) is 65.0 Å². The number of ketones is 1. The molecule has 5 nitrogen and oxygen atoms in total. The fourth-order valence-electron chi connectivity index (χ4n) is 4.98. The third-order valence-corrected chi connectivity index (χ3v) is 6.74. The van der Waals surface area contributed by atoms with Crippen LogP contribution in [0.3, 0.4) is 0 Å². The van der Waals surface area contributed by atoms with E-state index < -0.39 is 0 Å². The molecule has 4 rings (SSSR count). The quantitative estimate of drug-likeness (QED) is 0.455. The van der Waals surface area contributed by atoms with Crippen LogP contribution >= 0.6 is 0 Å². The molecule has 31 heavy (non-hydrogen) atoms. The molecular formula is C25H28FN3O2. The molecule has 0 spiro atoms. The monoisotopic (exact) mass is 421 g/mol. The van der Waals surface area contributed by atoms with Crippen molar-refractivity contribution >= 4 is 16.7 Å². The first-order chi connectivity index (χ1) is 15.1. The van der Waals surface area contributed by atoms with Gasteiger partial charge in [-0.2, -0.15) is 0 Å². The van der Waals surface area contributed by atoms with Gasteiger partial charge in [-0.25, -0.2) is 14.4 Å². The van der Waals surface area contributed by atoms with E-state index in [0.29, 0.717) is 35.3 Å². The zero-order chi connectivity index (χ0) is 21.8. The number of nitrogens with zero attached hydrogens (tertiary/aromatic N) is 3. The maximum atomic E-state index is 14.1. The molecule has 0 unspecified atom stereocenters. The van der Waals surface area contributed by atoms with Crippen molar-refractivity contribution in [3.63, 3.8) is 0 Å². The van der Waals surface area contributed by atoms with Crippen LogP contribution in [0.2, 0.25) is 0 Å². The van der Waals surface area contributed by atoms with Crippen molar-refractivity contribution in [1.29, 1.82) is 0 Å². The first-order valence-electron chi connectivity index (χ1n) is 11.0. The van der Waals surface area contributed by atoms with E-state index in [2.05, 4.69) is 21.9 Å². The fraction of sp³-hybridized carbons (Fsp3) is 0.440. The van der Waals surface area contributed by atoms with Gasteiger partial charge < -0.3 is 4.74 Å². The van der Waals surface area contributed by atoms with E-state index in [4.69, 9.17) is 4.74 Å². The van der Waals surface area contributed by atoms with Crippen molar-refractivity contribution in [3.8, 4) is 6.01 Å². The number of hydrogen-bond acceptors (Lipinski definition) is 5. The van der Waals surface area contributed by atoms with Crippen LogP contribution in [0.1, 0.15) is 67.3 Å². The van der Waals surface area contributed by atoms with Gasteiger partial charge in [-0.1, -0.05) is 25.5 Å². The van der Waals surface area contributed by atoms with Crippen LogP contribution in [0.15, 0.2) is 42.9 Å². The summed E-state index contributed by atoms with van der Waals surface area (Å²) in [7, 11) is 1.51. The van der Waals surface area contributed by atoms with Crippen LogP contribution in [0.4, 0.5) is 4.39 Å². The van der Waals surface area contributed by atoms with Crippen LogP contribution in [-0.2, 0) is 0 Å².